The fourth-order valence-corrected chi connectivity index (χ4v) is 4.74. The number of ketones is 1. The van der Waals surface area contributed by atoms with Crippen LogP contribution in [0.25, 0.3) is 0 Å². The van der Waals surface area contributed by atoms with Gasteiger partial charge in [0.15, 0.2) is 0 Å². The summed E-state index contributed by atoms with van der Waals surface area (Å²) in [6, 6.07) is 4.32. The zero-order valence-corrected chi connectivity index (χ0v) is 21.0. The van der Waals surface area contributed by atoms with E-state index < -0.39 is 23.1 Å². The fraction of sp³-hybridized carbons (Fsp3) is 0.500. The Morgan fingerprint density at radius 1 is 1.06 bits per heavy atom. The van der Waals surface area contributed by atoms with Crippen molar-refractivity contribution in [3.05, 3.63) is 52.1 Å². The number of hydrogen-bond acceptors (Lipinski definition) is 4. The Morgan fingerprint density at radius 3 is 2.32 bits per heavy atom. The zero-order valence-electron chi connectivity index (χ0n) is 21.0. The number of carbonyl (C=O) groups excluding carboxylic acids is 3. The third-order valence-electron chi connectivity index (χ3n) is 6.51. The number of Topliss-reactive ketones (excluding diaryl/α,β-unsaturated/α-hetero) is 1. The fourth-order valence-electron chi connectivity index (χ4n) is 4.74. The van der Waals surface area contributed by atoms with Gasteiger partial charge in [0.1, 0.15) is 5.82 Å². The molecule has 2 N–H and O–H groups in total. The summed E-state index contributed by atoms with van der Waals surface area (Å²) >= 11 is 0. The van der Waals surface area contributed by atoms with Gasteiger partial charge in [-0.1, -0.05) is 6.42 Å². The average Bonchev–Trinajstić information content (AvgIpc) is 2.98. The van der Waals surface area contributed by atoms with Crippen LogP contribution in [-0.4, -0.2) is 52.2 Å². The molecule has 0 aliphatic carbocycles. The van der Waals surface area contributed by atoms with Crippen LogP contribution >= 0.6 is 0 Å². The number of nitrogens with one attached hydrogen (secondary N) is 2. The minimum atomic E-state index is -0.688. The van der Waals surface area contributed by atoms with Crippen LogP contribution in [0.1, 0.15) is 70.8 Å². The van der Waals surface area contributed by atoms with Crippen molar-refractivity contribution in [1.29, 1.82) is 0 Å². The topological polar surface area (TPSA) is 83.4 Å². The number of hydrogen-bond donors (Lipinski definition) is 2. The van der Waals surface area contributed by atoms with Gasteiger partial charge in [-0.15, -0.1) is 0 Å². The minimum Gasteiger partial charge on any atom is -0.344 e. The van der Waals surface area contributed by atoms with Crippen LogP contribution in [-0.2, 0) is 11.8 Å². The Kier molecular flexibility index (Phi) is 7.60. The summed E-state index contributed by atoms with van der Waals surface area (Å²) in [5.74, 6) is -2.13. The van der Waals surface area contributed by atoms with Gasteiger partial charge in [0.25, 0.3) is 17.6 Å². The first kappa shape index (κ1) is 25.6. The van der Waals surface area contributed by atoms with Crippen LogP contribution in [0.3, 0.4) is 0 Å². The van der Waals surface area contributed by atoms with Crippen molar-refractivity contribution >= 4 is 23.3 Å². The highest BCUT2D eigenvalue weighted by atomic mass is 19.1. The van der Waals surface area contributed by atoms with Crippen LogP contribution in [0.2, 0.25) is 0 Å². The summed E-state index contributed by atoms with van der Waals surface area (Å²) in [5.41, 5.74) is 1.81. The third-order valence-corrected chi connectivity index (χ3v) is 6.51. The number of anilines is 1. The first-order valence-electron chi connectivity index (χ1n) is 11.7. The second kappa shape index (κ2) is 10.1. The summed E-state index contributed by atoms with van der Waals surface area (Å²) in [6.45, 7) is 11.5. The van der Waals surface area contributed by atoms with Gasteiger partial charge in [0, 0.05) is 30.5 Å². The number of benzene rings is 1. The van der Waals surface area contributed by atoms with E-state index in [1.807, 2.05) is 13.8 Å². The van der Waals surface area contributed by atoms with E-state index >= 15 is 0 Å². The van der Waals surface area contributed by atoms with Crippen molar-refractivity contribution in [3.63, 3.8) is 0 Å². The molecule has 34 heavy (non-hydrogen) atoms. The molecule has 0 unspecified atom stereocenters. The van der Waals surface area contributed by atoms with Gasteiger partial charge in [-0.25, -0.2) is 4.39 Å². The van der Waals surface area contributed by atoms with Crippen molar-refractivity contribution in [2.75, 3.05) is 25.0 Å². The maximum Gasteiger partial charge on any atom is 0.294 e. The Morgan fingerprint density at radius 2 is 1.71 bits per heavy atom. The number of likely N-dealkylation sites (tertiary alicyclic amines) is 1. The molecule has 0 atom stereocenters. The molecule has 1 aliphatic rings. The van der Waals surface area contributed by atoms with E-state index in [1.165, 1.54) is 18.6 Å². The van der Waals surface area contributed by atoms with Crippen LogP contribution in [0, 0.1) is 26.6 Å². The van der Waals surface area contributed by atoms with Gasteiger partial charge in [-0.2, -0.15) is 0 Å². The lowest BCUT2D eigenvalue weighted by molar-refractivity contribution is -0.118. The average molecular weight is 471 g/mol. The molecule has 184 valence electrons. The lowest BCUT2D eigenvalue weighted by Gasteiger charge is -2.35. The predicted molar refractivity (Wildman–Crippen MR) is 131 cm³/mol. The van der Waals surface area contributed by atoms with E-state index in [0.717, 1.165) is 25.9 Å². The van der Waals surface area contributed by atoms with Crippen molar-refractivity contribution in [1.82, 2.24) is 14.8 Å². The minimum absolute atomic E-state index is 0.184. The van der Waals surface area contributed by atoms with Crippen molar-refractivity contribution in [2.45, 2.75) is 59.4 Å². The van der Waals surface area contributed by atoms with Crippen molar-refractivity contribution < 1.29 is 18.8 Å². The molecular weight excluding hydrogens is 435 g/mol. The zero-order chi connectivity index (χ0) is 25.2. The van der Waals surface area contributed by atoms with Gasteiger partial charge in [0.2, 0.25) is 0 Å². The van der Waals surface area contributed by atoms with Crippen molar-refractivity contribution in [3.8, 4) is 0 Å². The largest absolute Gasteiger partial charge is 0.344 e. The van der Waals surface area contributed by atoms with Crippen LogP contribution in [0.15, 0.2) is 18.2 Å². The molecule has 2 aromatic rings. The normalized spacial score (nSPS) is 14.7. The molecule has 3 rings (SSSR count). The maximum absolute atomic E-state index is 13.6. The predicted octanol–water partition coefficient (Wildman–Crippen LogP) is 3.91. The number of amides is 2. The summed E-state index contributed by atoms with van der Waals surface area (Å²) < 4.78 is 15.1. The van der Waals surface area contributed by atoms with Gasteiger partial charge in [-0.3, -0.25) is 14.4 Å². The van der Waals surface area contributed by atoms with Gasteiger partial charge >= 0.3 is 0 Å². The molecule has 0 saturated carbocycles. The second-order valence-electron chi connectivity index (χ2n) is 9.92. The number of piperidine rings is 1. The lowest BCUT2D eigenvalue weighted by atomic mass is 10.0. The molecule has 1 aliphatic heterocycles. The Hall–Kier alpha value is -3.00. The molecular formula is C26H35FN4O3. The molecule has 1 saturated heterocycles. The third kappa shape index (κ3) is 5.55. The molecule has 2 heterocycles. The summed E-state index contributed by atoms with van der Waals surface area (Å²) in [5, 5.41) is 5.65. The standard InChI is InChI=1S/C26H35FN4O3/c1-16-14-19(10-11-20(16)27)28-24(33)21-17(2)22(30(6)18(21)3)23(32)25(34)29-26(4,5)15-31-12-8-7-9-13-31/h10-11,14H,7-9,12-13,15H2,1-6H3,(H,28,33)(H,29,34). The molecule has 0 radical (unpaired) electrons. The summed E-state index contributed by atoms with van der Waals surface area (Å²) in [7, 11) is 1.67. The van der Waals surface area contributed by atoms with E-state index in [9.17, 15) is 18.8 Å². The number of carbonyl (C=O) groups is 3. The Bertz CT molecular complexity index is 1110. The molecule has 7 nitrogen and oxygen atoms in total. The van der Waals surface area contributed by atoms with Crippen LogP contribution < -0.4 is 10.6 Å². The number of rotatable bonds is 7. The molecule has 2 amide bonds. The number of halogens is 1. The molecule has 0 spiro atoms. The monoisotopic (exact) mass is 470 g/mol. The first-order valence-corrected chi connectivity index (χ1v) is 11.7. The number of nitrogens with zero attached hydrogens (tertiary/aromatic N) is 2. The summed E-state index contributed by atoms with van der Waals surface area (Å²) in [4.78, 5) is 41.4. The molecule has 1 aromatic heterocycles. The van der Waals surface area contributed by atoms with E-state index in [4.69, 9.17) is 0 Å². The maximum atomic E-state index is 13.6. The van der Waals surface area contributed by atoms with E-state index in [2.05, 4.69) is 15.5 Å². The number of aromatic nitrogens is 1. The van der Waals surface area contributed by atoms with E-state index in [-0.39, 0.29) is 11.5 Å². The van der Waals surface area contributed by atoms with Gasteiger partial charge in [0.05, 0.1) is 11.3 Å². The smallest absolute Gasteiger partial charge is 0.294 e. The number of aryl methyl sites for hydroxylation is 1. The quantitative estimate of drug-likeness (QED) is 0.475. The van der Waals surface area contributed by atoms with Crippen LogP contribution in [0.5, 0.6) is 0 Å². The molecule has 0 bridgehead atoms. The highest BCUT2D eigenvalue weighted by Gasteiger charge is 2.32. The molecule has 1 aromatic carbocycles. The SMILES string of the molecule is Cc1cc(NC(=O)c2c(C)c(C(=O)C(=O)NC(C)(C)CN3CCCCC3)n(C)c2C)ccc1F. The summed E-state index contributed by atoms with van der Waals surface area (Å²) in [6.07, 6.45) is 3.52. The van der Waals surface area contributed by atoms with Gasteiger partial charge in [-0.05, 0) is 89.9 Å². The van der Waals surface area contributed by atoms with Crippen molar-refractivity contribution in [2.24, 2.45) is 7.05 Å². The highest BCUT2D eigenvalue weighted by Crippen LogP contribution is 2.24. The Labute approximate surface area is 200 Å². The van der Waals surface area contributed by atoms with Crippen LogP contribution in [0.4, 0.5) is 10.1 Å². The van der Waals surface area contributed by atoms with Gasteiger partial charge < -0.3 is 20.1 Å². The molecule has 1 fully saturated rings. The second-order valence-corrected chi connectivity index (χ2v) is 9.92. The molecule has 8 heteroatoms. The Balaban J connectivity index is 1.78. The lowest BCUT2D eigenvalue weighted by Crippen LogP contribution is -2.54. The first-order chi connectivity index (χ1) is 15.9. The van der Waals surface area contributed by atoms with E-state index in [1.54, 1.807) is 38.5 Å². The highest BCUT2D eigenvalue weighted by molar-refractivity contribution is 6.43. The van der Waals surface area contributed by atoms with E-state index in [0.29, 0.717) is 34.6 Å².